The zero-order valence-electron chi connectivity index (χ0n) is 13.1. The number of thiocarbonyl (C=S) groups is 1. The number of benzene rings is 1. The van der Waals surface area contributed by atoms with Gasteiger partial charge in [-0.2, -0.15) is 0 Å². The molecule has 3 rings (SSSR count). The van der Waals surface area contributed by atoms with Crippen molar-refractivity contribution in [1.82, 2.24) is 4.98 Å². The average Bonchev–Trinajstić information content (AvgIpc) is 2.56. The maximum atomic E-state index is 12.5. The lowest BCUT2D eigenvalue weighted by Gasteiger charge is -2.14. The first-order valence-corrected chi connectivity index (χ1v) is 9.30. The van der Waals surface area contributed by atoms with E-state index in [2.05, 4.69) is 9.71 Å². The van der Waals surface area contributed by atoms with Gasteiger partial charge in [0.15, 0.2) is 0 Å². The summed E-state index contributed by atoms with van der Waals surface area (Å²) in [6.07, 6.45) is 9.09. The molecule has 0 spiro atoms. The van der Waals surface area contributed by atoms with E-state index in [1.165, 1.54) is 6.08 Å². The zero-order chi connectivity index (χ0) is 17.2. The molecule has 0 radical (unpaired) electrons. The van der Waals surface area contributed by atoms with E-state index in [1.807, 2.05) is 31.2 Å². The molecular weight excluding hydrogens is 340 g/mol. The van der Waals surface area contributed by atoms with Gasteiger partial charge in [0.25, 0.3) is 10.0 Å². The van der Waals surface area contributed by atoms with Crippen LogP contribution in [0.5, 0.6) is 0 Å². The molecule has 122 valence electrons. The Labute approximate surface area is 147 Å². The van der Waals surface area contributed by atoms with Crippen molar-refractivity contribution in [1.29, 1.82) is 0 Å². The summed E-state index contributed by atoms with van der Waals surface area (Å²) in [4.78, 5) is 4.72. The number of aromatic nitrogens is 1. The second kappa shape index (κ2) is 6.67. The largest absolute Gasteiger partial charge is 0.280 e. The highest BCUT2D eigenvalue weighted by Gasteiger charge is 2.22. The van der Waals surface area contributed by atoms with E-state index < -0.39 is 10.0 Å². The van der Waals surface area contributed by atoms with Gasteiger partial charge < -0.3 is 0 Å². The third-order valence-electron chi connectivity index (χ3n) is 3.74. The quantitative estimate of drug-likeness (QED) is 0.841. The van der Waals surface area contributed by atoms with E-state index in [1.54, 1.807) is 30.6 Å². The number of aryl methyl sites for hydroxylation is 1. The van der Waals surface area contributed by atoms with Crippen LogP contribution in [0, 0.1) is 6.92 Å². The highest BCUT2D eigenvalue weighted by Crippen LogP contribution is 2.25. The van der Waals surface area contributed by atoms with Crippen LogP contribution in [0.1, 0.15) is 12.0 Å². The van der Waals surface area contributed by atoms with Crippen LogP contribution in [0.4, 0.5) is 5.69 Å². The molecule has 0 saturated heterocycles. The third kappa shape index (κ3) is 3.44. The molecule has 6 heteroatoms. The molecule has 1 aliphatic carbocycles. The van der Waals surface area contributed by atoms with Crippen molar-refractivity contribution in [2.24, 2.45) is 0 Å². The van der Waals surface area contributed by atoms with Crippen LogP contribution >= 0.6 is 12.2 Å². The predicted molar refractivity (Wildman–Crippen MR) is 101 cm³/mol. The van der Waals surface area contributed by atoms with Crippen LogP contribution in [-0.4, -0.2) is 18.3 Å². The number of nitrogens with zero attached hydrogens (tertiary/aromatic N) is 1. The Balaban J connectivity index is 1.84. The van der Waals surface area contributed by atoms with Gasteiger partial charge in [-0.25, -0.2) is 8.42 Å². The normalized spacial score (nSPS) is 14.4. The minimum absolute atomic E-state index is 0.159. The van der Waals surface area contributed by atoms with Gasteiger partial charge in [-0.1, -0.05) is 36.5 Å². The molecule has 1 aromatic heterocycles. The minimum Gasteiger partial charge on any atom is -0.280 e. The Morgan fingerprint density at radius 1 is 1.17 bits per heavy atom. The smallest absolute Gasteiger partial charge is 0.263 e. The van der Waals surface area contributed by atoms with Gasteiger partial charge in [-0.3, -0.25) is 9.71 Å². The summed E-state index contributed by atoms with van der Waals surface area (Å²) in [6, 6.07) is 9.16. The molecule has 0 amide bonds. The van der Waals surface area contributed by atoms with Gasteiger partial charge in [-0.05, 0) is 42.3 Å². The van der Waals surface area contributed by atoms with Gasteiger partial charge >= 0.3 is 0 Å². The van der Waals surface area contributed by atoms with E-state index >= 15 is 0 Å². The van der Waals surface area contributed by atoms with Gasteiger partial charge in [0, 0.05) is 34.9 Å². The average molecular weight is 356 g/mol. The topological polar surface area (TPSA) is 59.1 Å². The Hall–Kier alpha value is -2.31. The molecule has 0 fully saturated rings. The van der Waals surface area contributed by atoms with E-state index in [4.69, 9.17) is 12.2 Å². The van der Waals surface area contributed by atoms with Crippen LogP contribution in [0.25, 0.3) is 11.1 Å². The van der Waals surface area contributed by atoms with E-state index in [0.717, 1.165) is 16.7 Å². The first kappa shape index (κ1) is 16.5. The van der Waals surface area contributed by atoms with Crippen molar-refractivity contribution in [3.05, 3.63) is 71.4 Å². The Bertz CT molecular complexity index is 943. The summed E-state index contributed by atoms with van der Waals surface area (Å²) in [5.41, 5.74) is 3.62. The maximum absolute atomic E-state index is 12.5. The molecule has 0 saturated carbocycles. The first-order chi connectivity index (χ1) is 11.5. The summed E-state index contributed by atoms with van der Waals surface area (Å²) in [5, 5.41) is 0. The van der Waals surface area contributed by atoms with Crippen LogP contribution in [0.2, 0.25) is 0 Å². The lowest BCUT2D eigenvalue weighted by atomic mass is 10.0. The van der Waals surface area contributed by atoms with Crippen LogP contribution < -0.4 is 4.72 Å². The lowest BCUT2D eigenvalue weighted by molar-refractivity contribution is 0.608. The number of hydrogen-bond acceptors (Lipinski definition) is 4. The number of nitrogens with one attached hydrogen (secondary N) is 1. The van der Waals surface area contributed by atoms with E-state index in [0.29, 0.717) is 17.0 Å². The fourth-order valence-corrected chi connectivity index (χ4v) is 4.15. The number of allylic oxidation sites excluding steroid dienone is 4. The molecule has 0 unspecified atom stereocenters. The SMILES string of the molecule is Cc1ccncc1-c1ccc(NS(=O)(=O)C2=CC=CCC2=S)cc1. The highest BCUT2D eigenvalue weighted by atomic mass is 32.2. The predicted octanol–water partition coefficient (Wildman–Crippen LogP) is 4.01. The van der Waals surface area contributed by atoms with Crippen molar-refractivity contribution >= 4 is 32.8 Å². The molecule has 1 heterocycles. The van der Waals surface area contributed by atoms with Crippen LogP contribution in [0.15, 0.2) is 65.9 Å². The zero-order valence-corrected chi connectivity index (χ0v) is 14.7. The van der Waals surface area contributed by atoms with Crippen molar-refractivity contribution in [3.63, 3.8) is 0 Å². The standard InChI is InChI=1S/C18H16N2O2S2/c1-13-10-11-19-12-16(13)14-6-8-15(9-7-14)20-24(21,22)18-5-3-2-4-17(18)23/h2-3,5-12,20H,4H2,1H3. The third-order valence-corrected chi connectivity index (χ3v) is 5.72. The van der Waals surface area contributed by atoms with Crippen molar-refractivity contribution in [2.45, 2.75) is 13.3 Å². The second-order valence-electron chi connectivity index (χ2n) is 5.46. The molecule has 0 aliphatic heterocycles. The van der Waals surface area contributed by atoms with Crippen LogP contribution in [0.3, 0.4) is 0 Å². The number of hydrogen-bond donors (Lipinski definition) is 1. The summed E-state index contributed by atoms with van der Waals surface area (Å²) in [7, 11) is -3.66. The number of pyridine rings is 1. The van der Waals surface area contributed by atoms with Crippen LogP contribution in [-0.2, 0) is 10.0 Å². The summed E-state index contributed by atoms with van der Waals surface area (Å²) >= 11 is 5.14. The molecule has 1 aromatic carbocycles. The fraction of sp³-hybridized carbons (Fsp3) is 0.111. The first-order valence-electron chi connectivity index (χ1n) is 7.41. The van der Waals surface area contributed by atoms with Crippen molar-refractivity contribution in [2.75, 3.05) is 4.72 Å². The monoisotopic (exact) mass is 356 g/mol. The van der Waals surface area contributed by atoms with E-state index in [9.17, 15) is 8.42 Å². The van der Waals surface area contributed by atoms with E-state index in [-0.39, 0.29) is 4.91 Å². The molecule has 0 bridgehead atoms. The summed E-state index contributed by atoms with van der Waals surface area (Å²) in [6.45, 7) is 2.01. The summed E-state index contributed by atoms with van der Waals surface area (Å²) in [5.74, 6) is 0. The molecule has 0 atom stereocenters. The van der Waals surface area contributed by atoms with Gasteiger partial charge in [-0.15, -0.1) is 0 Å². The molecule has 2 aromatic rings. The Morgan fingerprint density at radius 3 is 2.58 bits per heavy atom. The van der Waals surface area contributed by atoms with Crippen molar-refractivity contribution in [3.8, 4) is 11.1 Å². The molecule has 4 nitrogen and oxygen atoms in total. The second-order valence-corrected chi connectivity index (χ2v) is 7.60. The van der Waals surface area contributed by atoms with Gasteiger partial charge in [0.05, 0.1) is 0 Å². The number of anilines is 1. The maximum Gasteiger partial charge on any atom is 0.263 e. The fourth-order valence-electron chi connectivity index (χ4n) is 2.46. The van der Waals surface area contributed by atoms with Gasteiger partial charge in [0.2, 0.25) is 0 Å². The number of sulfonamides is 1. The highest BCUT2D eigenvalue weighted by molar-refractivity contribution is 7.99. The molecule has 1 aliphatic rings. The lowest BCUT2D eigenvalue weighted by Crippen LogP contribution is -2.20. The summed E-state index contributed by atoms with van der Waals surface area (Å²) < 4.78 is 27.5. The number of rotatable bonds is 4. The van der Waals surface area contributed by atoms with Crippen molar-refractivity contribution < 1.29 is 8.42 Å². The Morgan fingerprint density at radius 2 is 1.92 bits per heavy atom. The molecule has 24 heavy (non-hydrogen) atoms. The molecule has 1 N–H and O–H groups in total. The molecular formula is C18H16N2O2S2. The minimum atomic E-state index is -3.66. The Kier molecular flexibility index (Phi) is 4.59. The van der Waals surface area contributed by atoms with Gasteiger partial charge in [0.1, 0.15) is 4.91 Å².